The Morgan fingerprint density at radius 3 is 2.76 bits per heavy atom. The minimum Gasteiger partial charge on any atom is -0.507 e. The van der Waals surface area contributed by atoms with E-state index in [1.54, 1.807) is 17.4 Å². The molecule has 2 aromatic carbocycles. The number of rotatable bonds is 3. The SMILES string of the molecule is CCc1cc(O)c2cc(C)sc2c1/N=N/c1ccc2ccccc2n1. The van der Waals surface area contributed by atoms with E-state index in [4.69, 9.17) is 0 Å². The minimum atomic E-state index is 0.305. The van der Waals surface area contributed by atoms with Crippen LogP contribution in [0.15, 0.2) is 58.8 Å². The molecule has 5 heteroatoms. The van der Waals surface area contributed by atoms with Crippen molar-refractivity contribution >= 4 is 43.8 Å². The second-order valence-corrected chi connectivity index (χ2v) is 7.18. The number of aromatic nitrogens is 1. The van der Waals surface area contributed by atoms with Gasteiger partial charge in [-0.05, 0) is 49.2 Å². The van der Waals surface area contributed by atoms with E-state index in [1.165, 1.54) is 0 Å². The zero-order valence-electron chi connectivity index (χ0n) is 14.0. The molecule has 0 aliphatic heterocycles. The van der Waals surface area contributed by atoms with Gasteiger partial charge in [0, 0.05) is 15.6 Å². The number of aromatic hydroxyl groups is 1. The summed E-state index contributed by atoms with van der Waals surface area (Å²) < 4.78 is 0.971. The average Bonchev–Trinajstić information content (AvgIpc) is 3.02. The number of azo groups is 1. The molecule has 1 N–H and O–H groups in total. The number of phenols is 1. The van der Waals surface area contributed by atoms with Gasteiger partial charge in [0.1, 0.15) is 11.4 Å². The van der Waals surface area contributed by atoms with Crippen LogP contribution >= 0.6 is 11.3 Å². The molecule has 0 saturated heterocycles. The molecule has 4 aromatic rings. The van der Waals surface area contributed by atoms with Crippen molar-refractivity contribution in [2.45, 2.75) is 20.3 Å². The first kappa shape index (κ1) is 15.7. The number of thiophene rings is 1. The number of aryl methyl sites for hydroxylation is 2. The highest BCUT2D eigenvalue weighted by Crippen LogP contribution is 2.42. The molecular weight excluding hydrogens is 330 g/mol. The molecule has 4 nitrogen and oxygen atoms in total. The van der Waals surface area contributed by atoms with Gasteiger partial charge >= 0.3 is 0 Å². The Bertz CT molecular complexity index is 1110. The van der Waals surface area contributed by atoms with E-state index in [0.717, 1.165) is 43.5 Å². The van der Waals surface area contributed by atoms with Crippen molar-refractivity contribution in [1.29, 1.82) is 0 Å². The second kappa shape index (κ2) is 6.26. The Balaban J connectivity index is 1.83. The number of fused-ring (bicyclic) bond motifs is 2. The second-order valence-electron chi connectivity index (χ2n) is 5.92. The number of pyridine rings is 1. The van der Waals surface area contributed by atoms with Crippen LogP contribution in [0.25, 0.3) is 21.0 Å². The number of para-hydroxylation sites is 1. The third kappa shape index (κ3) is 2.87. The number of benzene rings is 2. The largest absolute Gasteiger partial charge is 0.507 e. The fourth-order valence-corrected chi connectivity index (χ4v) is 3.97. The highest BCUT2D eigenvalue weighted by molar-refractivity contribution is 7.19. The van der Waals surface area contributed by atoms with E-state index in [-0.39, 0.29) is 0 Å². The lowest BCUT2D eigenvalue weighted by Gasteiger charge is -2.05. The first-order chi connectivity index (χ1) is 12.2. The van der Waals surface area contributed by atoms with Crippen LogP contribution in [0.2, 0.25) is 0 Å². The Labute approximate surface area is 149 Å². The van der Waals surface area contributed by atoms with Crippen LogP contribution in [-0.2, 0) is 6.42 Å². The number of nitrogens with zero attached hydrogens (tertiary/aromatic N) is 3. The maximum Gasteiger partial charge on any atom is 0.174 e. The molecular formula is C20H17N3OS. The van der Waals surface area contributed by atoms with Gasteiger partial charge in [0.15, 0.2) is 5.82 Å². The van der Waals surface area contributed by atoms with E-state index in [9.17, 15) is 5.11 Å². The summed E-state index contributed by atoms with van der Waals surface area (Å²) in [6.45, 7) is 4.08. The molecule has 0 aliphatic rings. The van der Waals surface area contributed by atoms with Crippen LogP contribution in [-0.4, -0.2) is 10.1 Å². The number of hydrogen-bond acceptors (Lipinski definition) is 5. The first-order valence-electron chi connectivity index (χ1n) is 8.18. The van der Waals surface area contributed by atoms with Crippen molar-refractivity contribution < 1.29 is 5.11 Å². The molecule has 124 valence electrons. The summed E-state index contributed by atoms with van der Waals surface area (Å²) in [7, 11) is 0. The van der Waals surface area contributed by atoms with Crippen LogP contribution in [0.1, 0.15) is 17.4 Å². The van der Waals surface area contributed by atoms with E-state index < -0.39 is 0 Å². The molecule has 0 amide bonds. The average molecular weight is 347 g/mol. The summed E-state index contributed by atoms with van der Waals surface area (Å²) >= 11 is 1.63. The van der Waals surface area contributed by atoms with Gasteiger partial charge in [-0.2, -0.15) is 0 Å². The smallest absolute Gasteiger partial charge is 0.174 e. The van der Waals surface area contributed by atoms with Gasteiger partial charge in [-0.15, -0.1) is 21.6 Å². The lowest BCUT2D eigenvalue weighted by molar-refractivity contribution is 0.481. The summed E-state index contributed by atoms with van der Waals surface area (Å²) in [5.74, 6) is 0.884. The third-order valence-electron chi connectivity index (χ3n) is 4.18. The van der Waals surface area contributed by atoms with Crippen molar-refractivity contribution in [2.24, 2.45) is 10.2 Å². The fraction of sp³-hybridized carbons (Fsp3) is 0.150. The van der Waals surface area contributed by atoms with Gasteiger partial charge in [-0.1, -0.05) is 25.1 Å². The van der Waals surface area contributed by atoms with Crippen LogP contribution in [0.3, 0.4) is 0 Å². The zero-order valence-corrected chi connectivity index (χ0v) is 14.8. The lowest BCUT2D eigenvalue weighted by Crippen LogP contribution is -1.82. The van der Waals surface area contributed by atoms with E-state index >= 15 is 0 Å². The third-order valence-corrected chi connectivity index (χ3v) is 5.24. The van der Waals surface area contributed by atoms with Gasteiger partial charge in [0.25, 0.3) is 0 Å². The quantitative estimate of drug-likeness (QED) is 0.433. The molecule has 25 heavy (non-hydrogen) atoms. The van der Waals surface area contributed by atoms with Crippen molar-refractivity contribution in [3.63, 3.8) is 0 Å². The van der Waals surface area contributed by atoms with Crippen molar-refractivity contribution in [3.8, 4) is 5.75 Å². The molecule has 0 aliphatic carbocycles. The summed E-state index contributed by atoms with van der Waals surface area (Å²) in [4.78, 5) is 5.68. The molecule has 0 bridgehead atoms. The summed E-state index contributed by atoms with van der Waals surface area (Å²) in [6.07, 6.45) is 0.778. The zero-order chi connectivity index (χ0) is 17.4. The molecule has 0 radical (unpaired) electrons. The highest BCUT2D eigenvalue weighted by atomic mass is 32.1. The molecule has 0 spiro atoms. The first-order valence-corrected chi connectivity index (χ1v) is 9.00. The Morgan fingerprint density at radius 2 is 1.92 bits per heavy atom. The molecule has 0 unspecified atom stereocenters. The van der Waals surface area contributed by atoms with Gasteiger partial charge in [-0.3, -0.25) is 0 Å². The maximum absolute atomic E-state index is 10.2. The molecule has 0 atom stereocenters. The number of phenolic OH excluding ortho intramolecular Hbond substituents is 1. The Hall–Kier alpha value is -2.79. The normalized spacial score (nSPS) is 11.8. The highest BCUT2D eigenvalue weighted by Gasteiger charge is 2.13. The Morgan fingerprint density at radius 1 is 1.08 bits per heavy atom. The summed E-state index contributed by atoms with van der Waals surface area (Å²) in [6, 6.07) is 15.6. The van der Waals surface area contributed by atoms with Crippen LogP contribution in [0.5, 0.6) is 5.75 Å². The van der Waals surface area contributed by atoms with Gasteiger partial charge in [0.05, 0.1) is 10.2 Å². The molecule has 2 heterocycles. The van der Waals surface area contributed by atoms with Crippen LogP contribution in [0, 0.1) is 6.92 Å². The van der Waals surface area contributed by atoms with Crippen LogP contribution in [0.4, 0.5) is 11.5 Å². The molecule has 0 fully saturated rings. The van der Waals surface area contributed by atoms with Gasteiger partial charge < -0.3 is 5.11 Å². The van der Waals surface area contributed by atoms with E-state index in [0.29, 0.717) is 11.6 Å². The summed E-state index contributed by atoms with van der Waals surface area (Å²) in [5.41, 5.74) is 2.71. The predicted octanol–water partition coefficient (Wildman–Crippen LogP) is 6.44. The van der Waals surface area contributed by atoms with E-state index in [2.05, 4.69) is 15.2 Å². The van der Waals surface area contributed by atoms with Crippen molar-refractivity contribution in [2.75, 3.05) is 0 Å². The van der Waals surface area contributed by atoms with Crippen LogP contribution < -0.4 is 0 Å². The molecule has 4 rings (SSSR count). The fourth-order valence-electron chi connectivity index (χ4n) is 2.93. The molecule has 0 saturated carbocycles. The van der Waals surface area contributed by atoms with Gasteiger partial charge in [0.2, 0.25) is 0 Å². The van der Waals surface area contributed by atoms with Crippen molar-refractivity contribution in [3.05, 3.63) is 59.0 Å². The lowest BCUT2D eigenvalue weighted by atomic mass is 10.1. The standard InChI is InChI=1S/C20H17N3OS/c1-3-13-11-17(24)15-10-12(2)25-20(15)19(13)23-22-18-9-8-14-6-4-5-7-16(14)21-18/h4-11,24H,3H2,1-2H3/b23-22+. The van der Waals surface area contributed by atoms with E-state index in [1.807, 2.05) is 56.3 Å². The van der Waals surface area contributed by atoms with Crippen molar-refractivity contribution in [1.82, 2.24) is 4.98 Å². The molecule has 2 aromatic heterocycles. The minimum absolute atomic E-state index is 0.305. The predicted molar refractivity (Wildman–Crippen MR) is 104 cm³/mol. The number of hydrogen-bond donors (Lipinski definition) is 1. The van der Waals surface area contributed by atoms with Gasteiger partial charge in [-0.25, -0.2) is 4.98 Å². The topological polar surface area (TPSA) is 57.8 Å². The maximum atomic E-state index is 10.2. The summed E-state index contributed by atoms with van der Waals surface area (Å²) in [5, 5.41) is 21.0. The Kier molecular flexibility index (Phi) is 3.93. The monoisotopic (exact) mass is 347 g/mol.